The predicted molar refractivity (Wildman–Crippen MR) is 90.8 cm³/mol. The van der Waals surface area contributed by atoms with E-state index >= 15 is 0 Å². The number of piperidine rings is 1. The van der Waals surface area contributed by atoms with Crippen molar-refractivity contribution in [1.82, 2.24) is 24.6 Å². The third kappa shape index (κ3) is 3.88. The van der Waals surface area contributed by atoms with E-state index in [9.17, 15) is 0 Å². The summed E-state index contributed by atoms with van der Waals surface area (Å²) in [5.74, 6) is 1.17. The molecule has 2 N–H and O–H groups in total. The van der Waals surface area contributed by atoms with Crippen molar-refractivity contribution in [2.45, 2.75) is 45.7 Å². The molecule has 2 aromatic heterocycles. The highest BCUT2D eigenvalue weighted by atomic mass is 15.3. The molecule has 1 saturated heterocycles. The molecule has 2 aromatic rings. The zero-order chi connectivity index (χ0) is 16.2. The van der Waals surface area contributed by atoms with Crippen LogP contribution in [0, 0.1) is 5.92 Å². The van der Waals surface area contributed by atoms with Crippen LogP contribution < -0.4 is 5.73 Å². The first-order valence-electron chi connectivity index (χ1n) is 8.43. The fraction of sp³-hybridized carbons (Fsp3) is 0.588. The molecule has 0 saturated carbocycles. The normalized spacial score (nSPS) is 19.3. The van der Waals surface area contributed by atoms with Gasteiger partial charge in [0.2, 0.25) is 0 Å². The zero-order valence-electron chi connectivity index (χ0n) is 14.0. The molecule has 0 spiro atoms. The Balaban J connectivity index is 1.62. The van der Waals surface area contributed by atoms with Crippen LogP contribution in [-0.2, 0) is 13.0 Å². The Morgan fingerprint density at radius 1 is 1.26 bits per heavy atom. The molecule has 0 aromatic carbocycles. The maximum atomic E-state index is 5.94. The first kappa shape index (κ1) is 15.9. The largest absolute Gasteiger partial charge is 0.382 e. The summed E-state index contributed by atoms with van der Waals surface area (Å²) < 4.78 is 2.12. The molecule has 1 aliphatic rings. The molecular weight excluding hydrogens is 288 g/mol. The summed E-state index contributed by atoms with van der Waals surface area (Å²) in [6, 6.07) is 2.53. The van der Waals surface area contributed by atoms with Crippen molar-refractivity contribution < 1.29 is 0 Å². The minimum atomic E-state index is 0.403. The van der Waals surface area contributed by atoms with E-state index in [0.717, 1.165) is 31.7 Å². The standard InChI is InChI=1S/C17H26N6/c1-13(2)23-15(5-6-21-23)12-22-9-3-4-14(11-22)10-16-17(18)20-8-7-19-16/h5-8,13-14H,3-4,9-12H2,1-2H3,(H2,18,20). The Hall–Kier alpha value is -1.95. The summed E-state index contributed by atoms with van der Waals surface area (Å²) in [4.78, 5) is 11.1. The maximum Gasteiger partial charge on any atom is 0.145 e. The van der Waals surface area contributed by atoms with Crippen molar-refractivity contribution in [3.8, 4) is 0 Å². The molecule has 23 heavy (non-hydrogen) atoms. The highest BCUT2D eigenvalue weighted by Crippen LogP contribution is 2.23. The van der Waals surface area contributed by atoms with Crippen molar-refractivity contribution in [1.29, 1.82) is 0 Å². The lowest BCUT2D eigenvalue weighted by atomic mass is 9.93. The van der Waals surface area contributed by atoms with E-state index in [1.807, 2.05) is 6.20 Å². The average Bonchev–Trinajstić information content (AvgIpc) is 2.98. The number of hydrogen-bond donors (Lipinski definition) is 1. The summed E-state index contributed by atoms with van der Waals surface area (Å²) in [6.07, 6.45) is 8.65. The molecule has 6 nitrogen and oxygen atoms in total. The summed E-state index contributed by atoms with van der Waals surface area (Å²) >= 11 is 0. The van der Waals surface area contributed by atoms with Crippen LogP contribution in [0.15, 0.2) is 24.7 Å². The van der Waals surface area contributed by atoms with Crippen LogP contribution in [0.2, 0.25) is 0 Å². The van der Waals surface area contributed by atoms with Gasteiger partial charge in [-0.25, -0.2) is 4.98 Å². The second-order valence-electron chi connectivity index (χ2n) is 6.70. The molecule has 1 fully saturated rings. The second-order valence-corrected chi connectivity index (χ2v) is 6.70. The third-order valence-corrected chi connectivity index (χ3v) is 4.52. The van der Waals surface area contributed by atoms with Crippen LogP contribution in [0.1, 0.15) is 44.1 Å². The van der Waals surface area contributed by atoms with Crippen LogP contribution >= 0.6 is 0 Å². The molecule has 0 amide bonds. The first-order valence-corrected chi connectivity index (χ1v) is 8.43. The number of aromatic nitrogens is 4. The summed E-state index contributed by atoms with van der Waals surface area (Å²) in [6.45, 7) is 7.54. The van der Waals surface area contributed by atoms with Crippen molar-refractivity contribution in [2.24, 2.45) is 5.92 Å². The lowest BCUT2D eigenvalue weighted by molar-refractivity contribution is 0.161. The Morgan fingerprint density at radius 3 is 2.87 bits per heavy atom. The fourth-order valence-corrected chi connectivity index (χ4v) is 3.43. The highest BCUT2D eigenvalue weighted by Gasteiger charge is 2.22. The second kappa shape index (κ2) is 7.08. The van der Waals surface area contributed by atoms with Gasteiger partial charge in [0.1, 0.15) is 5.82 Å². The molecule has 124 valence electrons. The number of rotatable bonds is 5. The number of hydrogen-bond acceptors (Lipinski definition) is 5. The SMILES string of the molecule is CC(C)n1nccc1CN1CCCC(Cc2nccnc2N)C1. The van der Waals surface area contributed by atoms with Crippen molar-refractivity contribution in [2.75, 3.05) is 18.8 Å². The molecule has 0 aliphatic carbocycles. The Morgan fingerprint density at radius 2 is 2.09 bits per heavy atom. The number of nitrogens with two attached hydrogens (primary N) is 1. The summed E-state index contributed by atoms with van der Waals surface area (Å²) in [5, 5.41) is 4.43. The summed E-state index contributed by atoms with van der Waals surface area (Å²) in [5.41, 5.74) is 8.16. The van der Waals surface area contributed by atoms with E-state index in [1.165, 1.54) is 18.5 Å². The monoisotopic (exact) mass is 314 g/mol. The van der Waals surface area contributed by atoms with Gasteiger partial charge in [0, 0.05) is 37.7 Å². The molecule has 3 rings (SSSR count). The van der Waals surface area contributed by atoms with Gasteiger partial charge in [-0.3, -0.25) is 14.6 Å². The number of nitrogens with zero attached hydrogens (tertiary/aromatic N) is 5. The molecule has 6 heteroatoms. The lowest BCUT2D eigenvalue weighted by Crippen LogP contribution is -2.36. The predicted octanol–water partition coefficient (Wildman–Crippen LogP) is 2.29. The van der Waals surface area contributed by atoms with Crippen LogP contribution in [-0.4, -0.2) is 37.7 Å². The van der Waals surface area contributed by atoms with E-state index in [1.54, 1.807) is 12.4 Å². The molecule has 0 radical (unpaired) electrons. The van der Waals surface area contributed by atoms with Gasteiger partial charge in [0.25, 0.3) is 0 Å². The number of likely N-dealkylation sites (tertiary alicyclic amines) is 1. The van der Waals surface area contributed by atoms with Gasteiger partial charge in [-0.15, -0.1) is 0 Å². The quantitative estimate of drug-likeness (QED) is 0.916. The maximum absolute atomic E-state index is 5.94. The smallest absolute Gasteiger partial charge is 0.145 e. The van der Waals surface area contributed by atoms with Crippen molar-refractivity contribution in [3.05, 3.63) is 36.0 Å². The molecule has 0 bridgehead atoms. The van der Waals surface area contributed by atoms with E-state index in [4.69, 9.17) is 5.73 Å². The van der Waals surface area contributed by atoms with E-state index in [2.05, 4.69) is 44.6 Å². The summed E-state index contributed by atoms with van der Waals surface area (Å²) in [7, 11) is 0. The fourth-order valence-electron chi connectivity index (χ4n) is 3.43. The average molecular weight is 314 g/mol. The van der Waals surface area contributed by atoms with Gasteiger partial charge in [0.05, 0.1) is 11.4 Å². The van der Waals surface area contributed by atoms with Gasteiger partial charge in [-0.2, -0.15) is 5.10 Å². The van der Waals surface area contributed by atoms with E-state index < -0.39 is 0 Å². The van der Waals surface area contributed by atoms with Gasteiger partial charge >= 0.3 is 0 Å². The molecule has 1 unspecified atom stereocenters. The number of anilines is 1. The van der Waals surface area contributed by atoms with Crippen molar-refractivity contribution in [3.63, 3.8) is 0 Å². The van der Waals surface area contributed by atoms with Crippen LogP contribution in [0.3, 0.4) is 0 Å². The minimum absolute atomic E-state index is 0.403. The van der Waals surface area contributed by atoms with Crippen LogP contribution in [0.5, 0.6) is 0 Å². The van der Waals surface area contributed by atoms with Gasteiger partial charge in [0.15, 0.2) is 0 Å². The third-order valence-electron chi connectivity index (χ3n) is 4.52. The van der Waals surface area contributed by atoms with Gasteiger partial charge in [-0.1, -0.05) is 0 Å². The molecule has 3 heterocycles. The van der Waals surface area contributed by atoms with Crippen molar-refractivity contribution >= 4 is 5.82 Å². The van der Waals surface area contributed by atoms with E-state index in [-0.39, 0.29) is 0 Å². The Bertz CT molecular complexity index is 636. The van der Waals surface area contributed by atoms with Crippen LogP contribution in [0.4, 0.5) is 5.82 Å². The highest BCUT2D eigenvalue weighted by molar-refractivity contribution is 5.33. The van der Waals surface area contributed by atoms with E-state index in [0.29, 0.717) is 17.8 Å². The Kier molecular flexibility index (Phi) is 4.91. The zero-order valence-corrected chi connectivity index (χ0v) is 14.0. The van der Waals surface area contributed by atoms with Gasteiger partial charge in [-0.05, 0) is 51.6 Å². The molecule has 1 atom stereocenters. The topological polar surface area (TPSA) is 72.9 Å². The molecular formula is C17H26N6. The Labute approximate surface area is 137 Å². The van der Waals surface area contributed by atoms with Gasteiger partial charge < -0.3 is 5.73 Å². The minimum Gasteiger partial charge on any atom is -0.382 e. The first-order chi connectivity index (χ1) is 11.1. The lowest BCUT2D eigenvalue weighted by Gasteiger charge is -2.33. The molecule has 1 aliphatic heterocycles. The van der Waals surface area contributed by atoms with Crippen LogP contribution in [0.25, 0.3) is 0 Å². The number of nitrogen functional groups attached to an aromatic ring is 1.